The van der Waals surface area contributed by atoms with Crippen molar-refractivity contribution >= 4 is 23.2 Å². The Bertz CT molecular complexity index is 719. The van der Waals surface area contributed by atoms with Crippen molar-refractivity contribution in [1.82, 2.24) is 0 Å². The van der Waals surface area contributed by atoms with Crippen LogP contribution in [0.25, 0.3) is 0 Å². The van der Waals surface area contributed by atoms with Gasteiger partial charge in [-0.15, -0.1) is 0 Å². The van der Waals surface area contributed by atoms with Gasteiger partial charge in [0.2, 0.25) is 11.8 Å². The van der Waals surface area contributed by atoms with Crippen molar-refractivity contribution in [3.8, 4) is 0 Å². The Hall–Kier alpha value is -2.62. The highest BCUT2D eigenvalue weighted by atomic mass is 16.2. The number of hydrogen-bond acceptors (Lipinski definition) is 2. The van der Waals surface area contributed by atoms with E-state index in [1.54, 1.807) is 0 Å². The van der Waals surface area contributed by atoms with Crippen molar-refractivity contribution < 1.29 is 9.59 Å². The van der Waals surface area contributed by atoms with E-state index in [1.807, 2.05) is 48.5 Å². The summed E-state index contributed by atoms with van der Waals surface area (Å²) in [6.45, 7) is 7.79. The Labute approximate surface area is 149 Å². The quantitative estimate of drug-likeness (QED) is 0.850. The number of nitrogens with zero attached hydrogens (tertiary/aromatic N) is 1. The third-order valence-electron chi connectivity index (χ3n) is 4.20. The molecule has 0 unspecified atom stereocenters. The zero-order valence-corrected chi connectivity index (χ0v) is 15.4. The summed E-state index contributed by atoms with van der Waals surface area (Å²) < 4.78 is 0. The molecule has 0 fully saturated rings. The number of nitrogens with one attached hydrogen (secondary N) is 1. The van der Waals surface area contributed by atoms with Crippen LogP contribution in [-0.2, 0) is 16.0 Å². The van der Waals surface area contributed by atoms with Gasteiger partial charge in [-0.25, -0.2) is 0 Å². The Morgan fingerprint density at radius 3 is 2.08 bits per heavy atom. The van der Waals surface area contributed by atoms with Crippen LogP contribution in [0.2, 0.25) is 0 Å². The third kappa shape index (κ3) is 5.18. The molecule has 0 aliphatic carbocycles. The first-order valence-electron chi connectivity index (χ1n) is 8.67. The van der Waals surface area contributed by atoms with Gasteiger partial charge in [0.15, 0.2) is 0 Å². The first-order valence-corrected chi connectivity index (χ1v) is 8.67. The lowest BCUT2D eigenvalue weighted by Crippen LogP contribution is -2.36. The van der Waals surface area contributed by atoms with Crippen molar-refractivity contribution in [2.45, 2.75) is 40.0 Å². The SMILES string of the molecule is CCc1ccc(NC(=O)CN(C(C)=O)c2ccc(C(C)C)cc2)cc1. The smallest absolute Gasteiger partial charge is 0.244 e. The molecule has 0 spiro atoms. The second-order valence-corrected chi connectivity index (χ2v) is 6.45. The van der Waals surface area contributed by atoms with Crippen LogP contribution in [0.4, 0.5) is 11.4 Å². The molecule has 0 radical (unpaired) electrons. The van der Waals surface area contributed by atoms with Crippen LogP contribution in [0.3, 0.4) is 0 Å². The van der Waals surface area contributed by atoms with Crippen LogP contribution in [0.5, 0.6) is 0 Å². The minimum absolute atomic E-state index is 0.00805. The van der Waals surface area contributed by atoms with Gasteiger partial charge in [0.25, 0.3) is 0 Å². The van der Waals surface area contributed by atoms with E-state index >= 15 is 0 Å². The van der Waals surface area contributed by atoms with E-state index in [1.165, 1.54) is 23.0 Å². The Balaban J connectivity index is 2.07. The lowest BCUT2D eigenvalue weighted by atomic mass is 10.0. The summed E-state index contributed by atoms with van der Waals surface area (Å²) >= 11 is 0. The number of rotatable bonds is 6. The number of hydrogen-bond donors (Lipinski definition) is 1. The molecule has 0 saturated carbocycles. The highest BCUT2D eigenvalue weighted by Gasteiger charge is 2.16. The van der Waals surface area contributed by atoms with E-state index in [9.17, 15) is 9.59 Å². The predicted molar refractivity (Wildman–Crippen MR) is 103 cm³/mol. The standard InChI is InChI=1S/C21H26N2O2/c1-5-17-6-10-19(11-7-17)22-21(25)14-23(16(4)24)20-12-8-18(9-13-20)15(2)3/h6-13,15H,5,14H2,1-4H3,(H,22,25). The molecule has 2 amide bonds. The van der Waals surface area contributed by atoms with Gasteiger partial charge in [-0.3, -0.25) is 9.59 Å². The summed E-state index contributed by atoms with van der Waals surface area (Å²) in [7, 11) is 0. The fraction of sp³-hybridized carbons (Fsp3) is 0.333. The van der Waals surface area contributed by atoms with Crippen LogP contribution in [0.1, 0.15) is 44.7 Å². The molecule has 0 heterocycles. The maximum atomic E-state index is 12.3. The number of amides is 2. The predicted octanol–water partition coefficient (Wildman–Crippen LogP) is 4.36. The number of anilines is 2. The molecule has 1 N–H and O–H groups in total. The number of carbonyl (C=O) groups is 2. The second kappa shape index (κ2) is 8.47. The molecule has 0 bridgehead atoms. The molecule has 0 aromatic heterocycles. The molecule has 0 saturated heterocycles. The molecular weight excluding hydrogens is 312 g/mol. The van der Waals surface area contributed by atoms with Crippen molar-refractivity contribution in [3.05, 3.63) is 59.7 Å². The van der Waals surface area contributed by atoms with E-state index < -0.39 is 0 Å². The topological polar surface area (TPSA) is 49.4 Å². The average Bonchev–Trinajstić information content (AvgIpc) is 2.60. The summed E-state index contributed by atoms with van der Waals surface area (Å²) in [6.07, 6.45) is 0.957. The van der Waals surface area contributed by atoms with Crippen molar-refractivity contribution in [3.63, 3.8) is 0 Å². The lowest BCUT2D eigenvalue weighted by Gasteiger charge is -2.21. The summed E-state index contributed by atoms with van der Waals surface area (Å²) in [6, 6.07) is 15.5. The van der Waals surface area contributed by atoms with Crippen molar-refractivity contribution in [1.29, 1.82) is 0 Å². The zero-order chi connectivity index (χ0) is 18.4. The summed E-state index contributed by atoms with van der Waals surface area (Å²) in [5.74, 6) is 0.0513. The molecule has 2 aromatic carbocycles. The van der Waals surface area contributed by atoms with Crippen molar-refractivity contribution in [2.24, 2.45) is 0 Å². The maximum absolute atomic E-state index is 12.3. The molecule has 0 aliphatic rings. The van der Waals surface area contributed by atoms with Gasteiger partial charge in [-0.05, 0) is 47.7 Å². The molecule has 4 nitrogen and oxygen atoms in total. The maximum Gasteiger partial charge on any atom is 0.244 e. The molecule has 0 atom stereocenters. The molecule has 2 aromatic rings. The molecule has 25 heavy (non-hydrogen) atoms. The second-order valence-electron chi connectivity index (χ2n) is 6.45. The minimum Gasteiger partial charge on any atom is -0.325 e. The van der Waals surface area contributed by atoms with Gasteiger partial charge in [-0.1, -0.05) is 45.0 Å². The van der Waals surface area contributed by atoms with E-state index in [4.69, 9.17) is 0 Å². The molecule has 4 heteroatoms. The first kappa shape index (κ1) is 18.7. The highest BCUT2D eigenvalue weighted by molar-refractivity contribution is 6.01. The van der Waals surface area contributed by atoms with Crippen molar-refractivity contribution in [2.75, 3.05) is 16.8 Å². The van der Waals surface area contributed by atoms with Gasteiger partial charge in [0.05, 0.1) is 0 Å². The number of carbonyl (C=O) groups excluding carboxylic acids is 2. The summed E-state index contributed by atoms with van der Waals surface area (Å²) in [5, 5.41) is 2.85. The normalized spacial score (nSPS) is 10.6. The number of aryl methyl sites for hydroxylation is 1. The summed E-state index contributed by atoms with van der Waals surface area (Å²) in [4.78, 5) is 25.8. The van der Waals surface area contributed by atoms with Gasteiger partial charge in [0, 0.05) is 18.3 Å². The van der Waals surface area contributed by atoms with Crippen LogP contribution < -0.4 is 10.2 Å². The Morgan fingerprint density at radius 2 is 1.60 bits per heavy atom. The Kier molecular flexibility index (Phi) is 6.34. The zero-order valence-electron chi connectivity index (χ0n) is 15.4. The highest BCUT2D eigenvalue weighted by Crippen LogP contribution is 2.20. The average molecular weight is 338 g/mol. The minimum atomic E-state index is -0.215. The summed E-state index contributed by atoms with van der Waals surface area (Å²) in [5.41, 5.74) is 3.88. The first-order chi connectivity index (χ1) is 11.9. The fourth-order valence-electron chi connectivity index (χ4n) is 2.59. The largest absolute Gasteiger partial charge is 0.325 e. The van der Waals surface area contributed by atoms with Crippen LogP contribution in [0, 0.1) is 0 Å². The third-order valence-corrected chi connectivity index (χ3v) is 4.20. The van der Waals surface area contributed by atoms with Crippen LogP contribution in [0.15, 0.2) is 48.5 Å². The van der Waals surface area contributed by atoms with Crippen LogP contribution in [-0.4, -0.2) is 18.4 Å². The molecule has 132 valence electrons. The Morgan fingerprint density at radius 1 is 1.00 bits per heavy atom. The van der Waals surface area contributed by atoms with Gasteiger partial charge in [0.1, 0.15) is 6.54 Å². The molecule has 2 rings (SSSR count). The van der Waals surface area contributed by atoms with Gasteiger partial charge in [-0.2, -0.15) is 0 Å². The number of benzene rings is 2. The van der Waals surface area contributed by atoms with E-state index in [2.05, 4.69) is 26.1 Å². The van der Waals surface area contributed by atoms with Crippen LogP contribution >= 0.6 is 0 Å². The van der Waals surface area contributed by atoms with E-state index in [-0.39, 0.29) is 18.4 Å². The molecule has 0 aliphatic heterocycles. The van der Waals surface area contributed by atoms with Gasteiger partial charge < -0.3 is 10.2 Å². The van der Waals surface area contributed by atoms with Gasteiger partial charge >= 0.3 is 0 Å². The van der Waals surface area contributed by atoms with E-state index in [0.717, 1.165) is 17.8 Å². The monoisotopic (exact) mass is 338 g/mol. The molecular formula is C21H26N2O2. The lowest BCUT2D eigenvalue weighted by molar-refractivity contribution is -0.120. The fourth-order valence-corrected chi connectivity index (χ4v) is 2.59. The van der Waals surface area contributed by atoms with E-state index in [0.29, 0.717) is 5.92 Å².